The van der Waals surface area contributed by atoms with Crippen LogP contribution in [0.25, 0.3) is 33.4 Å². The van der Waals surface area contributed by atoms with E-state index >= 15 is 13.2 Å². The third-order valence-corrected chi connectivity index (χ3v) is 11.6. The van der Waals surface area contributed by atoms with Gasteiger partial charge in [-0.2, -0.15) is 0 Å². The van der Waals surface area contributed by atoms with Gasteiger partial charge in [0.25, 0.3) is 0 Å². The Hall–Kier alpha value is -8.61. The molecule has 0 fully saturated rings. The molecule has 6 heteroatoms. The first-order valence-electron chi connectivity index (χ1n) is 21.8. The average Bonchev–Trinajstić information content (AvgIpc) is 3.38. The fourth-order valence-electron chi connectivity index (χ4n) is 8.56. The summed E-state index contributed by atoms with van der Waals surface area (Å²) in [6, 6.07) is 80.6. The minimum atomic E-state index is -0.990. The van der Waals surface area contributed by atoms with E-state index in [1.165, 1.54) is 0 Å². The van der Waals surface area contributed by atoms with Gasteiger partial charge in [0.1, 0.15) is 17.5 Å². The van der Waals surface area contributed by atoms with E-state index in [0.29, 0.717) is 0 Å². The summed E-state index contributed by atoms with van der Waals surface area (Å²) < 4.78 is 52.4. The predicted molar refractivity (Wildman–Crippen MR) is 267 cm³/mol. The second kappa shape index (κ2) is 18.6. The van der Waals surface area contributed by atoms with Crippen LogP contribution in [0.4, 0.5) is 64.4 Å². The maximum Gasteiger partial charge on any atom is 0.144 e. The number of nitrogens with zero attached hydrogens (tertiary/aromatic N) is 3. The average molecular weight is 862 g/mol. The van der Waals surface area contributed by atoms with Crippen LogP contribution >= 0.6 is 0 Å². The van der Waals surface area contributed by atoms with E-state index in [1.54, 1.807) is 36.4 Å². The van der Waals surface area contributed by atoms with Crippen molar-refractivity contribution in [2.45, 2.75) is 0 Å². The van der Waals surface area contributed by atoms with Crippen LogP contribution in [0, 0.1) is 17.5 Å². The van der Waals surface area contributed by atoms with Crippen LogP contribution in [-0.4, -0.2) is 0 Å². The molecule has 0 saturated heterocycles. The van der Waals surface area contributed by atoms with Crippen molar-refractivity contribution in [2.75, 3.05) is 14.7 Å². The highest BCUT2D eigenvalue weighted by Gasteiger charge is 2.29. The lowest BCUT2D eigenvalue weighted by molar-refractivity contribution is 0.557. The van der Waals surface area contributed by atoms with Crippen LogP contribution in [0.15, 0.2) is 255 Å². The van der Waals surface area contributed by atoms with E-state index < -0.39 is 17.5 Å². The van der Waals surface area contributed by atoms with Gasteiger partial charge in [-0.25, -0.2) is 13.2 Å². The Labute approximate surface area is 383 Å². The number of anilines is 9. The summed E-state index contributed by atoms with van der Waals surface area (Å²) in [5, 5.41) is 0. The van der Waals surface area contributed by atoms with E-state index in [0.717, 1.165) is 51.2 Å². The van der Waals surface area contributed by atoms with Gasteiger partial charge in [-0.3, -0.25) is 0 Å². The van der Waals surface area contributed by atoms with Crippen molar-refractivity contribution in [3.8, 4) is 33.4 Å². The second-order valence-electron chi connectivity index (χ2n) is 15.7. The molecule has 0 aliphatic heterocycles. The molecule has 0 unspecified atom stereocenters. The molecule has 318 valence electrons. The fraction of sp³-hybridized carbons (Fsp3) is 0. The van der Waals surface area contributed by atoms with Gasteiger partial charge in [-0.1, -0.05) is 146 Å². The van der Waals surface area contributed by atoms with Crippen molar-refractivity contribution >= 4 is 51.2 Å². The Kier molecular flexibility index (Phi) is 11.7. The van der Waals surface area contributed by atoms with E-state index in [9.17, 15) is 0 Å². The Morgan fingerprint density at radius 1 is 0.182 bits per heavy atom. The summed E-state index contributed by atoms with van der Waals surface area (Å²) >= 11 is 0. The molecule has 0 aromatic heterocycles. The zero-order valence-electron chi connectivity index (χ0n) is 35.7. The highest BCUT2D eigenvalue weighted by atomic mass is 19.1. The first-order chi connectivity index (χ1) is 32.5. The van der Waals surface area contributed by atoms with Gasteiger partial charge in [0, 0.05) is 51.2 Å². The third kappa shape index (κ3) is 8.20. The summed E-state index contributed by atoms with van der Waals surface area (Å²) in [5.41, 5.74) is 7.71. The molecule has 0 N–H and O–H groups in total. The molecule has 10 aromatic rings. The monoisotopic (exact) mass is 861 g/mol. The largest absolute Gasteiger partial charge is 0.311 e. The van der Waals surface area contributed by atoms with Crippen molar-refractivity contribution < 1.29 is 13.2 Å². The standard InChI is InChI=1S/C60H42F3N3/c61-58-55(43-31-37-52(38-32-43)64(46-19-7-1-8-20-46)47-21-9-2-10-22-47)59(62)57(45-35-41-54(42-36-45)66(50-27-15-5-16-28-50)51-29-17-6-18-30-51)60(63)56(58)44-33-39-53(40-34-44)65(48-23-11-3-12-24-48)49-25-13-4-14-26-49/h1-42H. The lowest BCUT2D eigenvalue weighted by Gasteiger charge is -2.26. The summed E-state index contributed by atoms with van der Waals surface area (Å²) in [6.45, 7) is 0. The van der Waals surface area contributed by atoms with Gasteiger partial charge in [-0.15, -0.1) is 0 Å². The van der Waals surface area contributed by atoms with E-state index in [-0.39, 0.29) is 33.4 Å². The van der Waals surface area contributed by atoms with Crippen molar-refractivity contribution in [3.05, 3.63) is 272 Å². The quantitative estimate of drug-likeness (QED) is 0.121. The number of hydrogen-bond acceptors (Lipinski definition) is 3. The number of benzene rings is 10. The highest BCUT2D eigenvalue weighted by Crippen LogP contribution is 2.45. The van der Waals surface area contributed by atoms with Crippen LogP contribution in [0.5, 0.6) is 0 Å². The van der Waals surface area contributed by atoms with Crippen LogP contribution in [0.2, 0.25) is 0 Å². The lowest BCUT2D eigenvalue weighted by atomic mass is 9.90. The van der Waals surface area contributed by atoms with Crippen molar-refractivity contribution in [1.29, 1.82) is 0 Å². The molecule has 10 aromatic carbocycles. The molecule has 0 saturated carbocycles. The van der Waals surface area contributed by atoms with Crippen LogP contribution in [0.3, 0.4) is 0 Å². The van der Waals surface area contributed by atoms with Crippen LogP contribution in [-0.2, 0) is 0 Å². The van der Waals surface area contributed by atoms with Gasteiger partial charge >= 0.3 is 0 Å². The van der Waals surface area contributed by atoms with Gasteiger partial charge in [-0.05, 0) is 126 Å². The fourth-order valence-corrected chi connectivity index (χ4v) is 8.56. The number of halogens is 3. The van der Waals surface area contributed by atoms with E-state index in [2.05, 4.69) is 14.7 Å². The lowest BCUT2D eigenvalue weighted by Crippen LogP contribution is -2.10. The molecular formula is C60H42F3N3. The Morgan fingerprint density at radius 3 is 0.500 bits per heavy atom. The van der Waals surface area contributed by atoms with E-state index in [1.807, 2.05) is 218 Å². The third-order valence-electron chi connectivity index (χ3n) is 11.6. The molecule has 3 nitrogen and oxygen atoms in total. The first kappa shape index (κ1) is 41.4. The highest BCUT2D eigenvalue weighted by molar-refractivity contribution is 5.87. The topological polar surface area (TPSA) is 9.72 Å². The number of hydrogen-bond donors (Lipinski definition) is 0. The van der Waals surface area contributed by atoms with Crippen LogP contribution in [0.1, 0.15) is 0 Å². The minimum Gasteiger partial charge on any atom is -0.311 e. The molecule has 0 amide bonds. The number of rotatable bonds is 12. The molecule has 10 rings (SSSR count). The van der Waals surface area contributed by atoms with Crippen molar-refractivity contribution in [2.24, 2.45) is 0 Å². The van der Waals surface area contributed by atoms with Crippen LogP contribution < -0.4 is 14.7 Å². The van der Waals surface area contributed by atoms with Gasteiger partial charge in [0.05, 0.1) is 16.7 Å². The number of para-hydroxylation sites is 6. The molecule has 0 spiro atoms. The first-order valence-corrected chi connectivity index (χ1v) is 21.8. The molecule has 0 aliphatic rings. The smallest absolute Gasteiger partial charge is 0.144 e. The summed E-state index contributed by atoms with van der Waals surface area (Å²) in [5.74, 6) is -2.97. The maximum absolute atomic E-state index is 17.5. The molecule has 0 atom stereocenters. The van der Waals surface area contributed by atoms with Gasteiger partial charge < -0.3 is 14.7 Å². The molecule has 0 bridgehead atoms. The zero-order chi connectivity index (χ0) is 44.8. The summed E-state index contributed by atoms with van der Waals surface area (Å²) in [7, 11) is 0. The minimum absolute atomic E-state index is 0.268. The summed E-state index contributed by atoms with van der Waals surface area (Å²) in [4.78, 5) is 6.22. The Balaban J connectivity index is 1.11. The molecular weight excluding hydrogens is 820 g/mol. The SMILES string of the molecule is Fc1c(-c2ccc(N(c3ccccc3)c3ccccc3)cc2)c(F)c(-c2ccc(N(c3ccccc3)c3ccccc3)cc2)c(F)c1-c1ccc(N(c2ccccc2)c2ccccc2)cc1. The van der Waals surface area contributed by atoms with Gasteiger partial charge in [0.2, 0.25) is 0 Å². The summed E-state index contributed by atoms with van der Waals surface area (Å²) in [6.07, 6.45) is 0. The van der Waals surface area contributed by atoms with Crippen molar-refractivity contribution in [1.82, 2.24) is 0 Å². The van der Waals surface area contributed by atoms with Gasteiger partial charge in [0.15, 0.2) is 0 Å². The van der Waals surface area contributed by atoms with E-state index in [4.69, 9.17) is 0 Å². The zero-order valence-corrected chi connectivity index (χ0v) is 35.7. The maximum atomic E-state index is 17.5. The van der Waals surface area contributed by atoms with Crippen molar-refractivity contribution in [3.63, 3.8) is 0 Å². The molecule has 0 radical (unpaired) electrons. The normalized spacial score (nSPS) is 11.0. The molecule has 0 aliphatic carbocycles. The molecule has 0 heterocycles. The predicted octanol–water partition coefficient (Wildman–Crippen LogP) is 17.5. The molecule has 66 heavy (non-hydrogen) atoms. The Bertz CT molecular complexity index is 2680. The Morgan fingerprint density at radius 2 is 0.333 bits per heavy atom. The second-order valence-corrected chi connectivity index (χ2v) is 15.7.